The fraction of sp³-hybridized carbons (Fsp3) is 0.419. The Balaban J connectivity index is 1.02. The van der Waals surface area contributed by atoms with Crippen molar-refractivity contribution >= 4 is 17.1 Å². The van der Waals surface area contributed by atoms with Crippen LogP contribution in [0.5, 0.6) is 11.8 Å². The summed E-state index contributed by atoms with van der Waals surface area (Å²) in [5, 5.41) is 29.8. The molecule has 2 saturated heterocycles. The Morgan fingerprint density at radius 2 is 1.74 bits per heavy atom. The molecule has 0 amide bonds. The molecular weight excluding hydrogens is 754 g/mol. The lowest BCUT2D eigenvalue weighted by Crippen LogP contribution is -2.26. The van der Waals surface area contributed by atoms with Gasteiger partial charge in [-0.3, -0.25) is 14.6 Å². The summed E-state index contributed by atoms with van der Waals surface area (Å²) in [4.78, 5) is 28.8. The molecule has 9 rings (SSSR count). The molecule has 12 nitrogen and oxygen atoms in total. The van der Waals surface area contributed by atoms with Gasteiger partial charge in [-0.15, -0.1) is 0 Å². The fourth-order valence-electron chi connectivity index (χ4n) is 9.44. The summed E-state index contributed by atoms with van der Waals surface area (Å²) in [7, 11) is 1.33. The molecule has 15 heteroatoms. The quantitative estimate of drug-likeness (QED) is 0.155. The van der Waals surface area contributed by atoms with Gasteiger partial charge in [-0.2, -0.15) is 23.4 Å². The summed E-state index contributed by atoms with van der Waals surface area (Å²) in [6.07, 6.45) is -2.53. The molecule has 4 atom stereocenters. The Bertz CT molecular complexity index is 2500. The van der Waals surface area contributed by atoms with Crippen LogP contribution in [0.3, 0.4) is 0 Å². The first-order valence-electron chi connectivity index (χ1n) is 19.6. The second-order valence-corrected chi connectivity index (χ2v) is 15.7. The average molecular weight is 795 g/mol. The van der Waals surface area contributed by atoms with Crippen molar-refractivity contribution in [2.24, 2.45) is 5.92 Å². The summed E-state index contributed by atoms with van der Waals surface area (Å²) < 4.78 is 61.3. The van der Waals surface area contributed by atoms with Gasteiger partial charge in [0.2, 0.25) is 23.3 Å². The number of ether oxygens (including phenoxy) is 2. The van der Waals surface area contributed by atoms with Gasteiger partial charge in [-0.25, -0.2) is 9.97 Å². The van der Waals surface area contributed by atoms with E-state index in [2.05, 4.69) is 20.9 Å². The molecule has 0 unspecified atom stereocenters. The number of benzene rings is 3. The van der Waals surface area contributed by atoms with Gasteiger partial charge in [0.05, 0.1) is 19.1 Å². The number of halogens is 3. The van der Waals surface area contributed by atoms with Gasteiger partial charge in [0, 0.05) is 37.8 Å². The molecule has 2 fully saturated rings. The molecule has 2 aliphatic carbocycles. The number of aliphatic hydroxyl groups is 1. The smallest absolute Gasteiger partial charge is 0.438 e. The highest BCUT2D eigenvalue weighted by atomic mass is 19.4. The Morgan fingerprint density at radius 1 is 0.966 bits per heavy atom. The minimum absolute atomic E-state index is 0.0122. The van der Waals surface area contributed by atoms with E-state index in [1.165, 1.54) is 7.11 Å². The normalized spacial score (nSPS) is 22.0. The van der Waals surface area contributed by atoms with E-state index in [0.29, 0.717) is 80.8 Å². The maximum absolute atomic E-state index is 14.5. The number of β-amino-alcohol motifs (C(OH)–C–C–N with tert-alkyl or cyclic N) is 1. The van der Waals surface area contributed by atoms with Crippen LogP contribution in [0.25, 0.3) is 33.7 Å². The Kier molecular flexibility index (Phi) is 9.61. The number of hydrogen-bond donors (Lipinski definition) is 2. The number of methoxy groups -OCH3 is 1. The molecule has 2 aliphatic heterocycles. The van der Waals surface area contributed by atoms with Crippen LogP contribution in [0.4, 0.5) is 13.2 Å². The third-order valence-electron chi connectivity index (χ3n) is 12.3. The molecular formula is C43H41F3N6O6. The van der Waals surface area contributed by atoms with Crippen LogP contribution < -0.4 is 9.47 Å². The van der Waals surface area contributed by atoms with Crippen LogP contribution >= 0.6 is 0 Å². The number of alkyl halides is 3. The van der Waals surface area contributed by atoms with Crippen LogP contribution in [-0.4, -0.2) is 80.3 Å². The number of nitriles is 1. The van der Waals surface area contributed by atoms with Gasteiger partial charge in [-0.05, 0) is 103 Å². The summed E-state index contributed by atoms with van der Waals surface area (Å²) in [6, 6.07) is 15.9. The monoisotopic (exact) mass is 794 g/mol. The predicted octanol–water partition coefficient (Wildman–Crippen LogP) is 7.19. The first-order valence-corrected chi connectivity index (χ1v) is 19.6. The Morgan fingerprint density at radius 3 is 2.47 bits per heavy atom. The number of carboxylic acids is 1. The lowest BCUT2D eigenvalue weighted by Gasteiger charge is -2.24. The molecule has 0 radical (unpaired) electrons. The van der Waals surface area contributed by atoms with Crippen molar-refractivity contribution in [1.82, 2.24) is 24.8 Å². The molecule has 300 valence electrons. The number of aromatic nitrogens is 3. The van der Waals surface area contributed by atoms with E-state index in [0.717, 1.165) is 50.9 Å². The topological polar surface area (TPSA) is 158 Å². The molecule has 4 aliphatic rings. The first-order chi connectivity index (χ1) is 27.9. The highest BCUT2D eigenvalue weighted by Gasteiger charge is 2.41. The number of hydrogen-bond acceptors (Lipinski definition) is 11. The maximum atomic E-state index is 14.5. The second-order valence-electron chi connectivity index (χ2n) is 15.7. The number of nitrogens with zero attached hydrogens (tertiary/aromatic N) is 6. The van der Waals surface area contributed by atoms with Gasteiger partial charge in [-0.1, -0.05) is 30.3 Å². The van der Waals surface area contributed by atoms with E-state index in [1.807, 2.05) is 54.3 Å². The van der Waals surface area contributed by atoms with Gasteiger partial charge in [0.25, 0.3) is 0 Å². The van der Waals surface area contributed by atoms with Gasteiger partial charge in [0.15, 0.2) is 5.58 Å². The molecule has 4 heterocycles. The van der Waals surface area contributed by atoms with E-state index in [-0.39, 0.29) is 24.2 Å². The second kappa shape index (κ2) is 14.7. The summed E-state index contributed by atoms with van der Waals surface area (Å²) in [5.41, 5.74) is 7.30. The zero-order valence-corrected chi connectivity index (χ0v) is 32.0. The summed E-state index contributed by atoms with van der Waals surface area (Å²) in [6.45, 7) is 4.02. The van der Waals surface area contributed by atoms with Crippen molar-refractivity contribution in [1.29, 1.82) is 5.26 Å². The molecule has 0 spiro atoms. The predicted molar refractivity (Wildman–Crippen MR) is 204 cm³/mol. The van der Waals surface area contributed by atoms with Gasteiger partial charge in [0.1, 0.15) is 28.9 Å². The van der Waals surface area contributed by atoms with Crippen molar-refractivity contribution in [2.45, 2.75) is 76.4 Å². The minimum Gasteiger partial charge on any atom is -0.481 e. The number of fused-ring (bicyclic) bond motifs is 3. The van der Waals surface area contributed by atoms with Crippen molar-refractivity contribution < 1.29 is 42.1 Å². The maximum Gasteiger partial charge on any atom is 0.438 e. The number of carboxylic acid groups (broad SMARTS) is 1. The van der Waals surface area contributed by atoms with E-state index in [4.69, 9.17) is 18.9 Å². The number of carbonyl (C=O) groups is 1. The third kappa shape index (κ3) is 6.62. The van der Waals surface area contributed by atoms with E-state index in [9.17, 15) is 33.4 Å². The van der Waals surface area contributed by atoms with Crippen LogP contribution in [0.15, 0.2) is 46.9 Å². The van der Waals surface area contributed by atoms with Crippen LogP contribution in [-0.2, 0) is 30.4 Å². The lowest BCUT2D eigenvalue weighted by molar-refractivity contribution is -0.144. The molecule has 0 saturated carbocycles. The molecule has 3 aromatic carbocycles. The van der Waals surface area contributed by atoms with Gasteiger partial charge < -0.3 is 24.1 Å². The number of oxazole rings is 1. The third-order valence-corrected chi connectivity index (χ3v) is 12.3. The van der Waals surface area contributed by atoms with Crippen LogP contribution in [0, 0.1) is 24.2 Å². The zero-order valence-electron chi connectivity index (χ0n) is 32.0. The minimum atomic E-state index is -4.84. The molecule has 58 heavy (non-hydrogen) atoms. The van der Waals surface area contributed by atoms with Crippen molar-refractivity contribution in [3.63, 3.8) is 0 Å². The van der Waals surface area contributed by atoms with E-state index < -0.39 is 41.8 Å². The zero-order chi connectivity index (χ0) is 40.5. The number of aliphatic hydroxyl groups excluding tert-OH is 1. The number of aliphatic carboxylic acids is 1. The van der Waals surface area contributed by atoms with Crippen molar-refractivity contribution in [3.8, 4) is 40.4 Å². The molecule has 0 bridgehead atoms. The number of likely N-dealkylation sites (tertiary alicyclic amines) is 2. The SMILES string of the molecule is COc1nc(O[C@H]2CCc3c(-c4cccc(-c5nc6cc7c(c(C#N)c6o5)CC[C@H]7N5CC[C@@H](C(=O)O)C5)c4C)cccc32)c(C(F)(F)F)nc1CN1CC[C@@H](O)C1. The van der Waals surface area contributed by atoms with Crippen molar-refractivity contribution in [2.75, 3.05) is 33.3 Å². The summed E-state index contributed by atoms with van der Waals surface area (Å²) in [5.74, 6) is -1.53. The number of rotatable bonds is 9. The average Bonchev–Trinajstić information content (AvgIpc) is 4.05. The highest BCUT2D eigenvalue weighted by Crippen LogP contribution is 2.46. The molecule has 2 N–H and O–H groups in total. The van der Waals surface area contributed by atoms with E-state index >= 15 is 0 Å². The van der Waals surface area contributed by atoms with E-state index in [1.54, 1.807) is 0 Å². The van der Waals surface area contributed by atoms with Gasteiger partial charge >= 0.3 is 12.1 Å². The largest absolute Gasteiger partial charge is 0.481 e. The van der Waals surface area contributed by atoms with Crippen LogP contribution in [0.2, 0.25) is 0 Å². The van der Waals surface area contributed by atoms with Crippen LogP contribution in [0.1, 0.15) is 82.6 Å². The Hall–Kier alpha value is -5.56. The molecule has 5 aromatic rings. The fourth-order valence-corrected chi connectivity index (χ4v) is 9.44. The molecule has 2 aromatic heterocycles. The Labute approximate surface area is 331 Å². The first kappa shape index (κ1) is 38.0. The lowest BCUT2D eigenvalue weighted by atomic mass is 9.91. The summed E-state index contributed by atoms with van der Waals surface area (Å²) >= 11 is 0. The highest BCUT2D eigenvalue weighted by molar-refractivity contribution is 5.86. The standard InChI is InChI=1S/C43H41F3N6O6/c1-22-25(5-3-6-26(22)39-49-33-17-31-29(32(18-47)37(33)58-39)9-11-35(31)52-16-13-23(19-52)42(54)55)27-7-4-8-30-28(27)10-12-36(30)57-41-38(43(44,45)46)48-34(40(50-41)56-2)21-51-15-14-24(53)20-51/h3-8,17,23-24,35-36,53H,9-16,19-21H2,1-2H3,(H,54,55)/t23-,24-,35-,36+/m1/s1. The van der Waals surface area contributed by atoms with Crippen molar-refractivity contribution in [3.05, 3.63) is 87.2 Å².